The molecular weight excluding hydrogens is 1590 g/mol. The van der Waals surface area contributed by atoms with Crippen molar-refractivity contribution in [3.05, 3.63) is 29.3 Å². The second-order valence-electron chi connectivity index (χ2n) is 27.0. The van der Waals surface area contributed by atoms with Gasteiger partial charge in [0.25, 0.3) is 0 Å². The number of likely N-dealkylation sites (tertiary alicyclic amines) is 1. The highest BCUT2D eigenvalue weighted by Crippen LogP contribution is 2.40. The van der Waals surface area contributed by atoms with E-state index in [4.69, 9.17) is 137 Å². The number of aliphatic imine (C=N–C) groups is 1. The average Bonchev–Trinajstić information content (AvgIpc) is 0.784. The minimum absolute atomic E-state index is 0.0723. The number of nitrogens with one attached hydrogen (secondary N) is 5. The first-order chi connectivity index (χ1) is 58.5. The Kier molecular flexibility index (Phi) is 74.2. The number of methoxy groups -OCH3 is 1. The van der Waals surface area contributed by atoms with Crippen LogP contribution in [0.15, 0.2) is 29.3 Å². The van der Waals surface area contributed by atoms with E-state index in [2.05, 4.69) is 36.5 Å². The summed E-state index contributed by atoms with van der Waals surface area (Å²) < 4.78 is 132. The molecule has 0 aromatic heterocycles. The standard InChI is InChI=1S/C80H146ClN9O29/c1-96-25-26-100-33-34-104-41-42-108-49-50-111-53-54-113-57-58-115-61-62-117-65-66-119-68-67-118-64-63-116-60-59-114-56-55-112-52-51-110-47-44-106-39-36-102-31-28-98-23-6-22-97-27-30-101-35-38-105-43-46-109-48-45-107-40-37-103-32-29-99-24-19-84-74(91)12-13-75(92)89-73(7-5-17-86-79(82)83)76(93)85-18-21-90-20-14-72(69-80(90)15-3-2-4-16-80)88-78(95)77(94)87-71-10-8-70(81)9-11-71/h8-11,72-73H,2-7,12-69H2,1H3,(H,84,91)(H,85,93)(H,87,94)(H,88,95)(H,89,92)(H4,82,83,86)/t72?,73-/m0/s1. The van der Waals surface area contributed by atoms with Crippen molar-refractivity contribution in [2.75, 3.05) is 356 Å². The molecule has 1 aromatic rings. The van der Waals surface area contributed by atoms with E-state index in [1.54, 1.807) is 31.4 Å². The Morgan fingerprint density at radius 1 is 0.420 bits per heavy atom. The molecule has 1 aromatic carbocycles. The second kappa shape index (κ2) is 81.5. The lowest BCUT2D eigenvalue weighted by molar-refractivity contribution is -0.137. The predicted octanol–water partition coefficient (Wildman–Crippen LogP) is 1.53. The van der Waals surface area contributed by atoms with Crippen LogP contribution in [0.25, 0.3) is 0 Å². The maximum atomic E-state index is 13.6. The molecule has 1 aliphatic heterocycles. The highest BCUT2D eigenvalue weighted by Gasteiger charge is 2.43. The fourth-order valence-electron chi connectivity index (χ4n) is 11.7. The smallest absolute Gasteiger partial charge is 0.313 e. The molecule has 3 rings (SSSR count). The molecule has 1 spiro atoms. The maximum Gasteiger partial charge on any atom is 0.313 e. The number of carbonyl (C=O) groups is 5. The van der Waals surface area contributed by atoms with Gasteiger partial charge in [-0.1, -0.05) is 30.9 Å². The van der Waals surface area contributed by atoms with Crippen LogP contribution in [0.1, 0.15) is 77.0 Å². The molecule has 1 saturated heterocycles. The average molecular weight is 1730 g/mol. The third-order valence-electron chi connectivity index (χ3n) is 17.7. The van der Waals surface area contributed by atoms with Crippen molar-refractivity contribution in [1.29, 1.82) is 0 Å². The van der Waals surface area contributed by atoms with E-state index >= 15 is 0 Å². The van der Waals surface area contributed by atoms with Gasteiger partial charge in [-0.05, 0) is 69.2 Å². The quantitative estimate of drug-likeness (QED) is 0.0210. The van der Waals surface area contributed by atoms with Crippen molar-refractivity contribution in [2.45, 2.75) is 94.7 Å². The van der Waals surface area contributed by atoms with Gasteiger partial charge in [0.1, 0.15) is 6.04 Å². The molecule has 1 unspecified atom stereocenters. The van der Waals surface area contributed by atoms with Crippen LogP contribution in [0.5, 0.6) is 0 Å². The largest absolute Gasteiger partial charge is 0.382 e. The molecule has 5 amide bonds. The lowest BCUT2D eigenvalue weighted by atomic mass is 9.73. The summed E-state index contributed by atoms with van der Waals surface area (Å²) >= 11 is 5.96. The Morgan fingerprint density at radius 3 is 1.11 bits per heavy atom. The number of halogens is 1. The van der Waals surface area contributed by atoms with Crippen molar-refractivity contribution in [3.8, 4) is 0 Å². The Balaban J connectivity index is 0.948. The summed E-state index contributed by atoms with van der Waals surface area (Å²) in [7, 11) is 1.64. The van der Waals surface area contributed by atoms with Gasteiger partial charge in [-0.15, -0.1) is 0 Å². The lowest BCUT2D eigenvalue weighted by Crippen LogP contribution is -2.61. The Labute approximate surface area is 709 Å². The van der Waals surface area contributed by atoms with Crippen molar-refractivity contribution in [1.82, 2.24) is 26.2 Å². The fourth-order valence-corrected chi connectivity index (χ4v) is 11.8. The molecule has 692 valence electrons. The van der Waals surface area contributed by atoms with E-state index in [9.17, 15) is 24.0 Å². The van der Waals surface area contributed by atoms with Gasteiger partial charge in [0, 0.05) is 88.2 Å². The zero-order valence-corrected chi connectivity index (χ0v) is 71.7. The lowest BCUT2D eigenvalue weighted by Gasteiger charge is -2.52. The summed E-state index contributed by atoms with van der Waals surface area (Å²) in [5.74, 6) is -2.63. The first kappa shape index (κ1) is 108. The topological polar surface area (TPSA) is 435 Å². The molecule has 1 aliphatic carbocycles. The van der Waals surface area contributed by atoms with Gasteiger partial charge < -0.3 is 152 Å². The van der Waals surface area contributed by atoms with E-state index in [1.165, 1.54) is 0 Å². The predicted molar refractivity (Wildman–Crippen MR) is 441 cm³/mol. The highest BCUT2D eigenvalue weighted by atomic mass is 35.5. The molecule has 0 radical (unpaired) electrons. The first-order valence-corrected chi connectivity index (χ1v) is 42.7. The summed E-state index contributed by atoms with van der Waals surface area (Å²) in [4.78, 5) is 71.4. The van der Waals surface area contributed by atoms with Crippen molar-refractivity contribution < 1.29 is 138 Å². The Bertz CT molecular complexity index is 2550. The van der Waals surface area contributed by atoms with Crippen molar-refractivity contribution in [3.63, 3.8) is 0 Å². The molecule has 38 nitrogen and oxygen atoms in total. The van der Waals surface area contributed by atoms with Gasteiger partial charge >= 0.3 is 11.8 Å². The Morgan fingerprint density at radius 2 is 0.756 bits per heavy atom. The normalized spacial score (nSPS) is 14.4. The van der Waals surface area contributed by atoms with E-state index in [0.29, 0.717) is 354 Å². The summed E-state index contributed by atoms with van der Waals surface area (Å²) in [6, 6.07) is 5.48. The van der Waals surface area contributed by atoms with Gasteiger partial charge in [0.15, 0.2) is 5.96 Å². The van der Waals surface area contributed by atoms with Crippen LogP contribution in [-0.2, 0) is 138 Å². The van der Waals surface area contributed by atoms with E-state index in [-0.39, 0.29) is 68.3 Å². The van der Waals surface area contributed by atoms with Crippen molar-refractivity contribution in [2.24, 2.45) is 16.5 Å². The summed E-state index contributed by atoms with van der Waals surface area (Å²) in [5.41, 5.74) is 11.3. The van der Waals surface area contributed by atoms with Gasteiger partial charge in [-0.2, -0.15) is 0 Å². The molecule has 1 saturated carbocycles. The minimum atomic E-state index is -0.875. The molecule has 2 atom stereocenters. The van der Waals surface area contributed by atoms with Gasteiger partial charge in [0.05, 0.1) is 297 Å². The van der Waals surface area contributed by atoms with Crippen LogP contribution in [0, 0.1) is 0 Å². The van der Waals surface area contributed by atoms with Gasteiger partial charge in [-0.3, -0.25) is 33.9 Å². The first-order valence-electron chi connectivity index (χ1n) is 42.3. The van der Waals surface area contributed by atoms with Gasteiger partial charge in [0.2, 0.25) is 17.7 Å². The number of hydrogen-bond acceptors (Lipinski definition) is 31. The molecule has 2 aliphatic rings. The van der Waals surface area contributed by atoms with Crippen LogP contribution < -0.4 is 38.1 Å². The number of anilines is 1. The van der Waals surface area contributed by atoms with E-state index in [1.807, 2.05) is 0 Å². The molecule has 2 fully saturated rings. The van der Waals surface area contributed by atoms with E-state index in [0.717, 1.165) is 38.5 Å². The van der Waals surface area contributed by atoms with E-state index < -0.39 is 23.8 Å². The number of benzene rings is 1. The molecule has 9 N–H and O–H groups in total. The zero-order chi connectivity index (χ0) is 85.1. The Hall–Kier alpha value is -4.87. The number of piperidine rings is 1. The van der Waals surface area contributed by atoms with Crippen LogP contribution in [0.3, 0.4) is 0 Å². The number of guanidine groups is 1. The number of ether oxygens (including phenoxy) is 24. The van der Waals surface area contributed by atoms with Gasteiger partial charge in [-0.25, -0.2) is 0 Å². The third-order valence-corrected chi connectivity index (χ3v) is 18.0. The van der Waals surface area contributed by atoms with Crippen molar-refractivity contribution >= 4 is 52.8 Å². The van der Waals surface area contributed by atoms with Crippen LogP contribution in [-0.4, -0.2) is 408 Å². The summed E-state index contributed by atoms with van der Waals surface area (Å²) in [6.45, 7) is 24.3. The number of nitrogens with two attached hydrogens (primary N) is 2. The minimum Gasteiger partial charge on any atom is -0.382 e. The number of amides is 5. The van der Waals surface area contributed by atoms with Crippen LogP contribution >= 0.6 is 11.6 Å². The zero-order valence-electron chi connectivity index (χ0n) is 71.0. The number of nitrogens with zero attached hydrogens (tertiary/aromatic N) is 2. The molecule has 39 heteroatoms. The number of carbonyl (C=O) groups excluding carboxylic acids is 5. The fraction of sp³-hybridized carbons (Fsp3) is 0.850. The molecule has 0 bridgehead atoms. The van der Waals surface area contributed by atoms with Crippen LogP contribution in [0.2, 0.25) is 5.02 Å². The summed E-state index contributed by atoms with van der Waals surface area (Å²) in [5, 5.41) is 14.7. The third kappa shape index (κ3) is 67.3. The maximum absolute atomic E-state index is 13.6. The summed E-state index contributed by atoms with van der Waals surface area (Å²) in [6.07, 6.45) is 7.67. The number of hydrogen-bond donors (Lipinski definition) is 7. The highest BCUT2D eigenvalue weighted by molar-refractivity contribution is 6.39. The molecular formula is C80H146ClN9O29. The molecule has 119 heavy (non-hydrogen) atoms. The SMILES string of the molecule is COCCOCCOCCOCCOCCOCCOCCOCCOCCOCCOCCOCCOCCOCCOCCOCCOCCCOCCOCCOCCOCCOCCOCCOCCNC(=O)CCC(=O)N[C@@H](CCCN=C(N)N)C(=O)NCCN1CCC(NC(=O)C(=O)Nc2ccc(Cl)cc2)CC12CCCCC2. The van der Waals surface area contributed by atoms with Crippen LogP contribution in [0.4, 0.5) is 5.69 Å². The monoisotopic (exact) mass is 1730 g/mol. The molecule has 1 heterocycles. The number of rotatable bonds is 87. The second-order valence-corrected chi connectivity index (χ2v) is 27.5.